The summed E-state index contributed by atoms with van der Waals surface area (Å²) < 4.78 is 65.1. The third-order valence-corrected chi connectivity index (χ3v) is 3.06. The molecule has 0 spiro atoms. The van der Waals surface area contributed by atoms with Gasteiger partial charge in [0.05, 0.1) is 6.61 Å². The summed E-state index contributed by atoms with van der Waals surface area (Å²) in [6, 6.07) is 2.91. The van der Waals surface area contributed by atoms with Crippen molar-refractivity contribution in [3.63, 3.8) is 0 Å². The van der Waals surface area contributed by atoms with Crippen LogP contribution < -0.4 is 10.6 Å². The van der Waals surface area contributed by atoms with E-state index in [9.17, 15) is 22.0 Å². The SMILES string of the molecule is C[C@H](CO)Nc1nc(NCc2cc(F)cc(F)c2)cc(C(F)(F)F)n1. The summed E-state index contributed by atoms with van der Waals surface area (Å²) >= 11 is 0. The van der Waals surface area contributed by atoms with E-state index in [1.807, 2.05) is 0 Å². The number of nitrogens with zero attached hydrogens (tertiary/aromatic N) is 2. The third-order valence-electron chi connectivity index (χ3n) is 3.06. The fourth-order valence-electron chi connectivity index (χ4n) is 1.92. The van der Waals surface area contributed by atoms with E-state index in [4.69, 9.17) is 5.11 Å². The number of anilines is 2. The molecule has 0 saturated heterocycles. The molecule has 1 aromatic heterocycles. The minimum absolute atomic E-state index is 0.141. The number of hydrogen-bond acceptors (Lipinski definition) is 5. The number of benzene rings is 1. The number of aliphatic hydroxyl groups is 1. The quantitative estimate of drug-likeness (QED) is 0.689. The smallest absolute Gasteiger partial charge is 0.394 e. The van der Waals surface area contributed by atoms with E-state index in [1.165, 1.54) is 6.92 Å². The van der Waals surface area contributed by atoms with E-state index in [-0.39, 0.29) is 30.5 Å². The van der Waals surface area contributed by atoms with Gasteiger partial charge >= 0.3 is 6.18 Å². The van der Waals surface area contributed by atoms with Crippen LogP contribution in [-0.4, -0.2) is 27.7 Å². The Morgan fingerprint density at radius 3 is 2.28 bits per heavy atom. The van der Waals surface area contributed by atoms with Gasteiger partial charge in [-0.25, -0.2) is 13.8 Å². The van der Waals surface area contributed by atoms with Crippen LogP contribution in [0.5, 0.6) is 0 Å². The number of halogens is 5. The first kappa shape index (κ1) is 18.8. The molecule has 1 heterocycles. The molecule has 0 aliphatic heterocycles. The van der Waals surface area contributed by atoms with Crippen molar-refractivity contribution in [2.75, 3.05) is 17.2 Å². The van der Waals surface area contributed by atoms with Crippen molar-refractivity contribution >= 4 is 11.8 Å². The first-order chi connectivity index (χ1) is 11.7. The van der Waals surface area contributed by atoms with Crippen LogP contribution >= 0.6 is 0 Å². The van der Waals surface area contributed by atoms with Crippen LogP contribution in [0.15, 0.2) is 24.3 Å². The van der Waals surface area contributed by atoms with E-state index in [1.54, 1.807) is 0 Å². The minimum atomic E-state index is -4.71. The molecule has 1 atom stereocenters. The lowest BCUT2D eigenvalue weighted by Crippen LogP contribution is -2.22. The minimum Gasteiger partial charge on any atom is -0.394 e. The van der Waals surface area contributed by atoms with Gasteiger partial charge in [0.15, 0.2) is 5.69 Å². The standard InChI is InChI=1S/C15H15F5N4O/c1-8(7-25)22-14-23-12(15(18,19)20)5-13(24-14)21-6-9-2-10(16)4-11(17)3-9/h2-5,8,25H,6-7H2,1H3,(H2,21,22,23,24)/t8-/m1/s1. The molecule has 10 heteroatoms. The van der Waals surface area contributed by atoms with Crippen LogP contribution in [0, 0.1) is 11.6 Å². The van der Waals surface area contributed by atoms with Crippen LogP contribution in [0.2, 0.25) is 0 Å². The molecule has 0 amide bonds. The Bertz CT molecular complexity index is 718. The van der Waals surface area contributed by atoms with E-state index in [0.29, 0.717) is 12.1 Å². The lowest BCUT2D eigenvalue weighted by atomic mass is 10.2. The van der Waals surface area contributed by atoms with Crippen molar-refractivity contribution in [1.29, 1.82) is 0 Å². The summed E-state index contributed by atoms with van der Waals surface area (Å²) in [5.41, 5.74) is -0.994. The molecule has 1 aromatic carbocycles. The highest BCUT2D eigenvalue weighted by Crippen LogP contribution is 2.30. The second kappa shape index (κ2) is 7.60. The maximum atomic E-state index is 13.1. The van der Waals surface area contributed by atoms with Crippen molar-refractivity contribution < 1.29 is 27.1 Å². The predicted molar refractivity (Wildman–Crippen MR) is 80.9 cm³/mol. The van der Waals surface area contributed by atoms with Gasteiger partial charge in [0, 0.05) is 24.7 Å². The molecule has 2 aromatic rings. The molecule has 0 unspecified atom stereocenters. The first-order valence-corrected chi connectivity index (χ1v) is 7.20. The molecule has 0 saturated carbocycles. The highest BCUT2D eigenvalue weighted by Gasteiger charge is 2.33. The van der Waals surface area contributed by atoms with Gasteiger partial charge < -0.3 is 15.7 Å². The number of aromatic nitrogens is 2. The van der Waals surface area contributed by atoms with Gasteiger partial charge in [-0.3, -0.25) is 0 Å². The molecule has 0 aliphatic carbocycles. The Balaban J connectivity index is 2.24. The van der Waals surface area contributed by atoms with E-state index < -0.39 is 29.5 Å². The number of alkyl halides is 3. The normalized spacial score (nSPS) is 12.8. The van der Waals surface area contributed by atoms with Crippen molar-refractivity contribution in [3.8, 4) is 0 Å². The third kappa shape index (κ3) is 5.52. The monoisotopic (exact) mass is 362 g/mol. The van der Waals surface area contributed by atoms with E-state index in [2.05, 4.69) is 20.6 Å². The second-order valence-electron chi connectivity index (χ2n) is 5.32. The molecular weight excluding hydrogens is 347 g/mol. The average molecular weight is 362 g/mol. The van der Waals surface area contributed by atoms with Gasteiger partial charge in [-0.15, -0.1) is 0 Å². The van der Waals surface area contributed by atoms with E-state index >= 15 is 0 Å². The van der Waals surface area contributed by atoms with Crippen LogP contribution in [0.25, 0.3) is 0 Å². The number of nitrogens with one attached hydrogen (secondary N) is 2. The number of rotatable bonds is 6. The zero-order chi connectivity index (χ0) is 18.6. The van der Waals surface area contributed by atoms with Crippen molar-refractivity contribution in [3.05, 3.63) is 47.2 Å². The van der Waals surface area contributed by atoms with Crippen LogP contribution in [0.3, 0.4) is 0 Å². The molecule has 2 rings (SSSR count). The molecule has 0 aliphatic rings. The summed E-state index contributed by atoms with van der Waals surface area (Å²) in [5.74, 6) is -2.10. The summed E-state index contributed by atoms with van der Waals surface area (Å²) in [5, 5.41) is 14.1. The highest BCUT2D eigenvalue weighted by molar-refractivity contribution is 5.44. The first-order valence-electron chi connectivity index (χ1n) is 7.20. The molecule has 136 valence electrons. The lowest BCUT2D eigenvalue weighted by Gasteiger charge is -2.15. The predicted octanol–water partition coefficient (Wildman–Crippen LogP) is 3.18. The van der Waals surface area contributed by atoms with Crippen molar-refractivity contribution in [1.82, 2.24) is 9.97 Å². The fraction of sp³-hybridized carbons (Fsp3) is 0.333. The maximum absolute atomic E-state index is 13.1. The van der Waals surface area contributed by atoms with Gasteiger partial charge in [0.25, 0.3) is 0 Å². The Morgan fingerprint density at radius 1 is 1.08 bits per heavy atom. The largest absolute Gasteiger partial charge is 0.433 e. The Labute approximate surface area is 139 Å². The topological polar surface area (TPSA) is 70.1 Å². The Hall–Kier alpha value is -2.49. The second-order valence-corrected chi connectivity index (χ2v) is 5.32. The van der Waals surface area contributed by atoms with Crippen LogP contribution in [0.4, 0.5) is 33.7 Å². The zero-order valence-corrected chi connectivity index (χ0v) is 13.0. The number of hydrogen-bond donors (Lipinski definition) is 3. The fourth-order valence-corrected chi connectivity index (χ4v) is 1.92. The summed E-state index contributed by atoms with van der Waals surface area (Å²) in [6.45, 7) is 1.06. The highest BCUT2D eigenvalue weighted by atomic mass is 19.4. The van der Waals surface area contributed by atoms with Crippen LogP contribution in [-0.2, 0) is 12.7 Å². The summed E-state index contributed by atoms with van der Waals surface area (Å²) in [6.07, 6.45) is -4.71. The van der Waals surface area contributed by atoms with Gasteiger partial charge in [-0.2, -0.15) is 18.2 Å². The molecule has 0 bridgehead atoms. The van der Waals surface area contributed by atoms with Crippen molar-refractivity contribution in [2.24, 2.45) is 0 Å². The number of aliphatic hydroxyl groups excluding tert-OH is 1. The Kier molecular flexibility index (Phi) is 5.73. The molecule has 0 fully saturated rings. The Morgan fingerprint density at radius 2 is 1.72 bits per heavy atom. The molecule has 5 nitrogen and oxygen atoms in total. The van der Waals surface area contributed by atoms with Gasteiger partial charge in [-0.05, 0) is 24.6 Å². The summed E-state index contributed by atoms with van der Waals surface area (Å²) in [4.78, 5) is 7.22. The van der Waals surface area contributed by atoms with Gasteiger partial charge in [-0.1, -0.05) is 0 Å². The summed E-state index contributed by atoms with van der Waals surface area (Å²) in [7, 11) is 0. The lowest BCUT2D eigenvalue weighted by molar-refractivity contribution is -0.141. The van der Waals surface area contributed by atoms with Crippen molar-refractivity contribution in [2.45, 2.75) is 25.7 Å². The molecule has 0 radical (unpaired) electrons. The van der Waals surface area contributed by atoms with Gasteiger partial charge in [0.2, 0.25) is 5.95 Å². The van der Waals surface area contributed by atoms with Gasteiger partial charge in [0.1, 0.15) is 17.5 Å². The molecular formula is C15H15F5N4O. The molecule has 3 N–H and O–H groups in total. The molecule has 25 heavy (non-hydrogen) atoms. The average Bonchev–Trinajstić information content (AvgIpc) is 2.51. The zero-order valence-electron chi connectivity index (χ0n) is 13.0. The maximum Gasteiger partial charge on any atom is 0.433 e. The van der Waals surface area contributed by atoms with Crippen LogP contribution in [0.1, 0.15) is 18.2 Å². The van der Waals surface area contributed by atoms with E-state index in [0.717, 1.165) is 12.1 Å².